The number of esters is 1. The molecule has 1 fully saturated rings. The van der Waals surface area contributed by atoms with Gasteiger partial charge in [0.2, 0.25) is 0 Å². The molecule has 0 saturated heterocycles. The Labute approximate surface area is 127 Å². The SMILES string of the molecule is CCOC(=O)c1cc(N)ccc1N(CCC(C)C)C1CC1. The molecule has 0 amide bonds. The molecule has 0 aliphatic heterocycles. The summed E-state index contributed by atoms with van der Waals surface area (Å²) in [6.45, 7) is 7.61. The highest BCUT2D eigenvalue weighted by Crippen LogP contribution is 2.35. The van der Waals surface area contributed by atoms with Crippen LogP contribution in [0.5, 0.6) is 0 Å². The molecule has 0 heterocycles. The van der Waals surface area contributed by atoms with Gasteiger partial charge >= 0.3 is 5.97 Å². The molecule has 1 aliphatic carbocycles. The van der Waals surface area contributed by atoms with E-state index in [0.717, 1.165) is 18.7 Å². The fourth-order valence-electron chi connectivity index (χ4n) is 2.46. The molecule has 1 aromatic rings. The zero-order valence-electron chi connectivity index (χ0n) is 13.3. The van der Waals surface area contributed by atoms with E-state index in [2.05, 4.69) is 18.7 Å². The number of hydrogen-bond donors (Lipinski definition) is 1. The predicted octanol–water partition coefficient (Wildman–Crippen LogP) is 3.46. The van der Waals surface area contributed by atoms with Crippen molar-refractivity contribution in [2.24, 2.45) is 5.92 Å². The van der Waals surface area contributed by atoms with Crippen LogP contribution < -0.4 is 10.6 Å². The summed E-state index contributed by atoms with van der Waals surface area (Å²) in [7, 11) is 0. The summed E-state index contributed by atoms with van der Waals surface area (Å²) in [6, 6.07) is 6.11. The number of anilines is 2. The van der Waals surface area contributed by atoms with Gasteiger partial charge in [-0.3, -0.25) is 0 Å². The molecular formula is C17H26N2O2. The Bertz CT molecular complexity index is 496. The first-order chi connectivity index (χ1) is 10.0. The molecule has 0 radical (unpaired) electrons. The van der Waals surface area contributed by atoms with Gasteiger partial charge in [-0.05, 0) is 50.3 Å². The average Bonchev–Trinajstić information content (AvgIpc) is 3.25. The molecule has 1 saturated carbocycles. The van der Waals surface area contributed by atoms with Crippen LogP contribution in [0.4, 0.5) is 11.4 Å². The van der Waals surface area contributed by atoms with E-state index in [0.29, 0.717) is 29.8 Å². The van der Waals surface area contributed by atoms with Crippen LogP contribution in [0.15, 0.2) is 18.2 Å². The van der Waals surface area contributed by atoms with E-state index in [1.54, 1.807) is 6.07 Å². The summed E-state index contributed by atoms with van der Waals surface area (Å²) in [4.78, 5) is 14.6. The molecule has 2 N–H and O–H groups in total. The minimum absolute atomic E-state index is 0.282. The maximum absolute atomic E-state index is 12.2. The molecule has 0 aromatic heterocycles. The predicted molar refractivity (Wildman–Crippen MR) is 86.6 cm³/mol. The van der Waals surface area contributed by atoms with Crippen LogP contribution in [0.2, 0.25) is 0 Å². The highest BCUT2D eigenvalue weighted by atomic mass is 16.5. The second-order valence-corrected chi connectivity index (χ2v) is 6.10. The van der Waals surface area contributed by atoms with Crippen LogP contribution in [0, 0.1) is 5.92 Å². The monoisotopic (exact) mass is 290 g/mol. The molecule has 0 atom stereocenters. The highest BCUT2D eigenvalue weighted by Gasteiger charge is 2.31. The first kappa shape index (κ1) is 15.7. The van der Waals surface area contributed by atoms with Gasteiger partial charge in [0.05, 0.1) is 17.9 Å². The second kappa shape index (κ2) is 6.83. The molecule has 116 valence electrons. The quantitative estimate of drug-likeness (QED) is 0.617. The minimum atomic E-state index is -0.282. The van der Waals surface area contributed by atoms with E-state index < -0.39 is 0 Å². The Morgan fingerprint density at radius 3 is 2.71 bits per heavy atom. The standard InChI is InChI=1S/C17H26N2O2/c1-4-21-17(20)15-11-13(18)5-8-16(15)19(14-6-7-14)10-9-12(2)3/h5,8,11-12,14H,4,6-7,9-10,18H2,1-3H3. The second-order valence-electron chi connectivity index (χ2n) is 6.10. The van der Waals surface area contributed by atoms with Gasteiger partial charge < -0.3 is 15.4 Å². The van der Waals surface area contributed by atoms with Crippen molar-refractivity contribution >= 4 is 17.3 Å². The Morgan fingerprint density at radius 2 is 2.14 bits per heavy atom. The van der Waals surface area contributed by atoms with Gasteiger partial charge in [0.1, 0.15) is 0 Å². The maximum atomic E-state index is 12.2. The average molecular weight is 290 g/mol. The van der Waals surface area contributed by atoms with Gasteiger partial charge in [-0.2, -0.15) is 0 Å². The third-order valence-corrected chi connectivity index (χ3v) is 3.76. The van der Waals surface area contributed by atoms with Crippen molar-refractivity contribution in [1.82, 2.24) is 0 Å². The zero-order chi connectivity index (χ0) is 15.4. The molecule has 0 bridgehead atoms. The number of benzene rings is 1. The Kier molecular flexibility index (Phi) is 5.10. The first-order valence-electron chi connectivity index (χ1n) is 7.86. The van der Waals surface area contributed by atoms with Crippen LogP contribution in [0.25, 0.3) is 0 Å². The van der Waals surface area contributed by atoms with E-state index in [1.807, 2.05) is 19.1 Å². The largest absolute Gasteiger partial charge is 0.462 e. The van der Waals surface area contributed by atoms with Gasteiger partial charge in [0.15, 0.2) is 0 Å². The van der Waals surface area contributed by atoms with Crippen molar-refractivity contribution in [2.75, 3.05) is 23.8 Å². The zero-order valence-corrected chi connectivity index (χ0v) is 13.3. The number of carbonyl (C=O) groups excluding carboxylic acids is 1. The maximum Gasteiger partial charge on any atom is 0.340 e. The van der Waals surface area contributed by atoms with Crippen molar-refractivity contribution in [2.45, 2.75) is 46.1 Å². The first-order valence-corrected chi connectivity index (χ1v) is 7.86. The lowest BCUT2D eigenvalue weighted by Gasteiger charge is -2.27. The van der Waals surface area contributed by atoms with Crippen LogP contribution in [-0.4, -0.2) is 25.2 Å². The Morgan fingerprint density at radius 1 is 1.43 bits per heavy atom. The molecule has 4 nitrogen and oxygen atoms in total. The minimum Gasteiger partial charge on any atom is -0.462 e. The van der Waals surface area contributed by atoms with Gasteiger partial charge in [0.25, 0.3) is 0 Å². The van der Waals surface area contributed by atoms with Crippen molar-refractivity contribution in [1.29, 1.82) is 0 Å². The van der Waals surface area contributed by atoms with Crippen molar-refractivity contribution in [3.05, 3.63) is 23.8 Å². The molecular weight excluding hydrogens is 264 g/mol. The van der Waals surface area contributed by atoms with Gasteiger partial charge in [-0.25, -0.2) is 4.79 Å². The smallest absolute Gasteiger partial charge is 0.340 e. The molecule has 1 aliphatic rings. The molecule has 0 spiro atoms. The lowest BCUT2D eigenvalue weighted by Crippen LogP contribution is -2.29. The number of nitrogens with zero attached hydrogens (tertiary/aromatic N) is 1. The van der Waals surface area contributed by atoms with Crippen molar-refractivity contribution < 1.29 is 9.53 Å². The molecule has 1 aromatic carbocycles. The van der Waals surface area contributed by atoms with Crippen LogP contribution in [0.3, 0.4) is 0 Å². The molecule has 0 unspecified atom stereocenters. The third-order valence-electron chi connectivity index (χ3n) is 3.76. The molecule has 21 heavy (non-hydrogen) atoms. The van der Waals surface area contributed by atoms with E-state index in [-0.39, 0.29) is 5.97 Å². The number of nitrogens with two attached hydrogens (primary N) is 1. The topological polar surface area (TPSA) is 55.6 Å². The normalized spacial score (nSPS) is 14.3. The summed E-state index contributed by atoms with van der Waals surface area (Å²) in [5.74, 6) is 0.362. The highest BCUT2D eigenvalue weighted by molar-refractivity contribution is 5.97. The Hall–Kier alpha value is -1.71. The van der Waals surface area contributed by atoms with Gasteiger partial charge in [0, 0.05) is 18.3 Å². The summed E-state index contributed by atoms with van der Waals surface area (Å²) < 4.78 is 5.18. The van der Waals surface area contributed by atoms with Gasteiger partial charge in [-0.15, -0.1) is 0 Å². The van der Waals surface area contributed by atoms with Crippen LogP contribution in [0.1, 0.15) is 50.4 Å². The van der Waals surface area contributed by atoms with Crippen molar-refractivity contribution in [3.8, 4) is 0 Å². The van der Waals surface area contributed by atoms with Gasteiger partial charge in [-0.1, -0.05) is 13.8 Å². The van der Waals surface area contributed by atoms with E-state index >= 15 is 0 Å². The number of ether oxygens (including phenoxy) is 1. The third kappa shape index (κ3) is 4.13. The number of carbonyl (C=O) groups is 1. The fraction of sp³-hybridized carbons (Fsp3) is 0.588. The summed E-state index contributed by atoms with van der Waals surface area (Å²) >= 11 is 0. The van der Waals surface area contributed by atoms with E-state index in [4.69, 9.17) is 10.5 Å². The van der Waals surface area contributed by atoms with Crippen LogP contribution in [-0.2, 0) is 4.74 Å². The molecule has 4 heteroatoms. The van der Waals surface area contributed by atoms with Crippen LogP contribution >= 0.6 is 0 Å². The van der Waals surface area contributed by atoms with Crippen molar-refractivity contribution in [3.63, 3.8) is 0 Å². The number of hydrogen-bond acceptors (Lipinski definition) is 4. The van der Waals surface area contributed by atoms with E-state index in [9.17, 15) is 4.79 Å². The summed E-state index contributed by atoms with van der Waals surface area (Å²) in [6.07, 6.45) is 3.51. The van der Waals surface area contributed by atoms with E-state index in [1.165, 1.54) is 12.8 Å². The Balaban J connectivity index is 2.28. The lowest BCUT2D eigenvalue weighted by molar-refractivity contribution is 0.0527. The summed E-state index contributed by atoms with van der Waals surface area (Å²) in [5, 5.41) is 0. The number of nitrogen functional groups attached to an aromatic ring is 1. The summed E-state index contributed by atoms with van der Waals surface area (Å²) in [5.41, 5.74) is 8.00. The lowest BCUT2D eigenvalue weighted by atomic mass is 10.1. The number of rotatable bonds is 7. The fourth-order valence-corrected chi connectivity index (χ4v) is 2.46. The molecule has 2 rings (SSSR count).